The summed E-state index contributed by atoms with van der Waals surface area (Å²) in [5, 5.41) is 0. The number of carbonyl (C=O) groups is 2. The summed E-state index contributed by atoms with van der Waals surface area (Å²) in [6.07, 6.45) is 1.98. The summed E-state index contributed by atoms with van der Waals surface area (Å²) < 4.78 is 7.08. The van der Waals surface area contributed by atoms with Gasteiger partial charge in [0.15, 0.2) is 5.78 Å². The quantitative estimate of drug-likeness (QED) is 0.624. The maximum Gasteiger partial charge on any atom is 0.311 e. The summed E-state index contributed by atoms with van der Waals surface area (Å²) in [6.45, 7) is 0.561. The lowest BCUT2D eigenvalue weighted by Crippen LogP contribution is -2.18. The molecule has 1 atom stereocenters. The fraction of sp³-hybridized carbons (Fsp3) is 0.200. The number of ketones is 1. The van der Waals surface area contributed by atoms with Crippen molar-refractivity contribution in [3.8, 4) is 5.75 Å². The number of nitrogens with zero attached hydrogens (tertiary/aromatic N) is 1. The number of hydrogen-bond acceptors (Lipinski definition) is 3. The van der Waals surface area contributed by atoms with E-state index in [0.29, 0.717) is 18.0 Å². The molecule has 1 aromatic carbocycles. The van der Waals surface area contributed by atoms with Crippen LogP contribution in [0.4, 0.5) is 0 Å². The molecule has 19 heavy (non-hydrogen) atoms. The first-order valence-electron chi connectivity index (χ1n) is 6.19. The van der Waals surface area contributed by atoms with Crippen molar-refractivity contribution in [2.24, 2.45) is 5.92 Å². The predicted molar refractivity (Wildman–Crippen MR) is 68.9 cm³/mol. The molecule has 0 amide bonds. The second kappa shape index (κ2) is 4.72. The van der Waals surface area contributed by atoms with Crippen LogP contribution in [0.25, 0.3) is 0 Å². The lowest BCUT2D eigenvalue weighted by atomic mass is 10.0. The Labute approximate surface area is 110 Å². The van der Waals surface area contributed by atoms with Gasteiger partial charge in [0.1, 0.15) is 5.75 Å². The van der Waals surface area contributed by atoms with E-state index in [-0.39, 0.29) is 24.1 Å². The first kappa shape index (κ1) is 11.7. The number of carbonyl (C=O) groups excluding carboxylic acids is 2. The number of fused-ring (bicyclic) bond motifs is 1. The first-order valence-corrected chi connectivity index (χ1v) is 6.19. The Hall–Kier alpha value is -2.36. The molecular formula is C15H13NO3. The summed E-state index contributed by atoms with van der Waals surface area (Å²) in [7, 11) is 0. The van der Waals surface area contributed by atoms with Crippen LogP contribution in [-0.4, -0.2) is 16.3 Å². The Morgan fingerprint density at radius 1 is 1.21 bits per heavy atom. The van der Waals surface area contributed by atoms with E-state index in [1.807, 2.05) is 22.9 Å². The van der Waals surface area contributed by atoms with Crippen LogP contribution in [0.15, 0.2) is 48.7 Å². The van der Waals surface area contributed by atoms with Crippen molar-refractivity contribution in [1.82, 2.24) is 4.57 Å². The minimum atomic E-state index is -0.365. The fourth-order valence-corrected chi connectivity index (χ4v) is 2.35. The van der Waals surface area contributed by atoms with Crippen molar-refractivity contribution >= 4 is 11.8 Å². The van der Waals surface area contributed by atoms with Gasteiger partial charge in [-0.25, -0.2) is 0 Å². The zero-order valence-corrected chi connectivity index (χ0v) is 10.3. The van der Waals surface area contributed by atoms with Gasteiger partial charge < -0.3 is 9.30 Å². The number of Topliss-reactive ketones (excluding diaryl/α,β-unsaturated/α-hetero) is 1. The van der Waals surface area contributed by atoms with E-state index in [0.717, 1.165) is 0 Å². The van der Waals surface area contributed by atoms with Crippen molar-refractivity contribution in [2.45, 2.75) is 13.0 Å². The van der Waals surface area contributed by atoms with Gasteiger partial charge in [0.05, 0.1) is 18.0 Å². The third kappa shape index (κ3) is 2.29. The van der Waals surface area contributed by atoms with Crippen LogP contribution in [0.1, 0.15) is 16.9 Å². The van der Waals surface area contributed by atoms with Crippen LogP contribution in [0, 0.1) is 5.92 Å². The second-order valence-corrected chi connectivity index (χ2v) is 4.60. The zero-order valence-electron chi connectivity index (χ0n) is 10.3. The molecule has 0 bridgehead atoms. The monoisotopic (exact) mass is 255 g/mol. The molecule has 4 heteroatoms. The van der Waals surface area contributed by atoms with Gasteiger partial charge in [-0.2, -0.15) is 0 Å². The molecule has 0 saturated carbocycles. The van der Waals surface area contributed by atoms with Gasteiger partial charge in [0, 0.05) is 12.7 Å². The highest BCUT2D eigenvalue weighted by Gasteiger charge is 2.32. The lowest BCUT2D eigenvalue weighted by Gasteiger charge is -2.07. The molecule has 2 heterocycles. The molecular weight excluding hydrogens is 242 g/mol. The molecule has 0 fully saturated rings. The number of esters is 1. The number of rotatable bonds is 3. The number of aromatic nitrogens is 1. The molecule has 3 rings (SSSR count). The Bertz CT molecular complexity index is 615. The van der Waals surface area contributed by atoms with Gasteiger partial charge in [-0.05, 0) is 24.3 Å². The summed E-state index contributed by atoms with van der Waals surface area (Å²) >= 11 is 0. The van der Waals surface area contributed by atoms with Crippen molar-refractivity contribution in [1.29, 1.82) is 0 Å². The standard InChI is InChI=1S/C15H13NO3/c17-14(19-12-5-2-1-3-6-12)9-11-10-16-8-4-7-13(16)15(11)18/h1-8,11H,9-10H2. The topological polar surface area (TPSA) is 48.3 Å². The largest absolute Gasteiger partial charge is 0.427 e. The molecule has 2 aromatic rings. The molecule has 1 aromatic heterocycles. The zero-order chi connectivity index (χ0) is 13.2. The molecule has 4 nitrogen and oxygen atoms in total. The molecule has 0 radical (unpaired) electrons. The van der Waals surface area contributed by atoms with Gasteiger partial charge in [0.2, 0.25) is 0 Å². The van der Waals surface area contributed by atoms with Crippen LogP contribution in [0.3, 0.4) is 0 Å². The van der Waals surface area contributed by atoms with Crippen LogP contribution >= 0.6 is 0 Å². The number of benzene rings is 1. The molecule has 0 N–H and O–H groups in total. The molecule has 96 valence electrons. The Balaban J connectivity index is 1.63. The van der Waals surface area contributed by atoms with Gasteiger partial charge >= 0.3 is 5.97 Å². The third-order valence-corrected chi connectivity index (χ3v) is 3.26. The summed E-state index contributed by atoms with van der Waals surface area (Å²) in [6, 6.07) is 12.5. The summed E-state index contributed by atoms with van der Waals surface area (Å²) in [5.41, 5.74) is 0.678. The number of hydrogen-bond donors (Lipinski definition) is 0. The van der Waals surface area contributed by atoms with Crippen molar-refractivity contribution in [3.05, 3.63) is 54.4 Å². The fourth-order valence-electron chi connectivity index (χ4n) is 2.35. The maximum atomic E-state index is 12.0. The highest BCUT2D eigenvalue weighted by Crippen LogP contribution is 2.24. The Morgan fingerprint density at radius 2 is 2.00 bits per heavy atom. The second-order valence-electron chi connectivity index (χ2n) is 4.60. The maximum absolute atomic E-state index is 12.0. The first-order chi connectivity index (χ1) is 9.24. The average molecular weight is 255 g/mol. The Kier molecular flexibility index (Phi) is 2.91. The third-order valence-electron chi connectivity index (χ3n) is 3.26. The minimum Gasteiger partial charge on any atom is -0.427 e. The molecule has 0 spiro atoms. The summed E-state index contributed by atoms with van der Waals surface area (Å²) in [4.78, 5) is 23.8. The van der Waals surface area contributed by atoms with Crippen LogP contribution in [0.5, 0.6) is 5.75 Å². The molecule has 1 unspecified atom stereocenters. The summed E-state index contributed by atoms with van der Waals surface area (Å²) in [5.74, 6) is -0.129. The van der Waals surface area contributed by atoms with E-state index in [9.17, 15) is 9.59 Å². The van der Waals surface area contributed by atoms with Crippen molar-refractivity contribution < 1.29 is 14.3 Å². The van der Waals surface area contributed by atoms with Gasteiger partial charge in [-0.3, -0.25) is 9.59 Å². The molecule has 1 aliphatic heterocycles. The van der Waals surface area contributed by atoms with E-state index in [1.165, 1.54) is 0 Å². The van der Waals surface area contributed by atoms with Crippen molar-refractivity contribution in [2.75, 3.05) is 0 Å². The van der Waals surface area contributed by atoms with Gasteiger partial charge in [-0.1, -0.05) is 18.2 Å². The highest BCUT2D eigenvalue weighted by molar-refractivity contribution is 6.00. The average Bonchev–Trinajstić information content (AvgIpc) is 2.96. The van der Waals surface area contributed by atoms with E-state index in [2.05, 4.69) is 0 Å². The number of ether oxygens (including phenoxy) is 1. The highest BCUT2D eigenvalue weighted by atomic mass is 16.5. The van der Waals surface area contributed by atoms with Crippen LogP contribution in [0.2, 0.25) is 0 Å². The molecule has 0 saturated heterocycles. The number of para-hydroxylation sites is 1. The van der Waals surface area contributed by atoms with Crippen LogP contribution < -0.4 is 4.74 Å². The molecule has 1 aliphatic rings. The van der Waals surface area contributed by atoms with E-state index in [1.54, 1.807) is 30.3 Å². The van der Waals surface area contributed by atoms with Crippen LogP contribution in [-0.2, 0) is 11.3 Å². The minimum absolute atomic E-state index is 0.0232. The normalized spacial score (nSPS) is 17.3. The van der Waals surface area contributed by atoms with E-state index in [4.69, 9.17) is 4.74 Å². The van der Waals surface area contributed by atoms with Gasteiger partial charge in [0.25, 0.3) is 0 Å². The van der Waals surface area contributed by atoms with E-state index >= 15 is 0 Å². The smallest absolute Gasteiger partial charge is 0.311 e. The van der Waals surface area contributed by atoms with Gasteiger partial charge in [-0.15, -0.1) is 0 Å². The van der Waals surface area contributed by atoms with Crippen molar-refractivity contribution in [3.63, 3.8) is 0 Å². The SMILES string of the molecule is O=C(CC1Cn2cccc2C1=O)Oc1ccccc1. The predicted octanol–water partition coefficient (Wildman–Crippen LogP) is 2.30. The van der Waals surface area contributed by atoms with E-state index < -0.39 is 0 Å². The molecule has 0 aliphatic carbocycles. The lowest BCUT2D eigenvalue weighted by molar-refractivity contribution is -0.135. The Morgan fingerprint density at radius 3 is 2.74 bits per heavy atom.